The lowest BCUT2D eigenvalue weighted by Gasteiger charge is -2.29. The molecule has 0 amide bonds. The van der Waals surface area contributed by atoms with Crippen molar-refractivity contribution in [2.24, 2.45) is 0 Å². The van der Waals surface area contributed by atoms with Crippen LogP contribution in [0.5, 0.6) is 0 Å². The second-order valence-corrected chi connectivity index (χ2v) is 12.6. The van der Waals surface area contributed by atoms with E-state index in [1.165, 1.54) is 61.0 Å². The van der Waals surface area contributed by atoms with Crippen LogP contribution in [0.4, 0.5) is 17.1 Å². The normalized spacial score (nSPS) is 15.2. The van der Waals surface area contributed by atoms with Crippen LogP contribution in [0.1, 0.15) is 49.9 Å². The molecule has 6 aromatic rings. The Labute approximate surface area is 242 Å². The summed E-state index contributed by atoms with van der Waals surface area (Å²) in [5.74, 6) is 0. The Bertz CT molecular complexity index is 1940. The number of para-hydroxylation sites is 2. The van der Waals surface area contributed by atoms with Crippen LogP contribution in [-0.2, 0) is 10.8 Å². The number of rotatable bonds is 3. The average molecular weight is 528 g/mol. The van der Waals surface area contributed by atoms with E-state index >= 15 is 0 Å². The minimum atomic E-state index is -0.140. The van der Waals surface area contributed by atoms with Crippen molar-refractivity contribution in [3.05, 3.63) is 150 Å². The predicted octanol–water partition coefficient (Wildman–Crippen LogP) is 10.9. The molecule has 0 aliphatic heterocycles. The van der Waals surface area contributed by atoms with Crippen molar-refractivity contribution in [2.75, 3.05) is 4.90 Å². The molecule has 1 heteroatoms. The Balaban J connectivity index is 1.43. The Hall–Kier alpha value is -4.62. The van der Waals surface area contributed by atoms with Crippen LogP contribution in [0, 0.1) is 0 Å². The van der Waals surface area contributed by atoms with Gasteiger partial charge >= 0.3 is 0 Å². The zero-order chi connectivity index (χ0) is 27.9. The van der Waals surface area contributed by atoms with E-state index in [2.05, 4.69) is 160 Å². The summed E-state index contributed by atoms with van der Waals surface area (Å²) < 4.78 is 0. The predicted molar refractivity (Wildman–Crippen MR) is 174 cm³/mol. The second kappa shape index (κ2) is 8.44. The molecule has 41 heavy (non-hydrogen) atoms. The highest BCUT2D eigenvalue weighted by Crippen LogP contribution is 2.58. The van der Waals surface area contributed by atoms with Gasteiger partial charge in [0.05, 0.1) is 5.69 Å². The van der Waals surface area contributed by atoms with E-state index in [-0.39, 0.29) is 10.8 Å². The third-order valence-corrected chi connectivity index (χ3v) is 9.63. The first-order chi connectivity index (χ1) is 19.9. The molecule has 6 aromatic carbocycles. The summed E-state index contributed by atoms with van der Waals surface area (Å²) in [5, 5.41) is 2.59. The molecule has 0 fully saturated rings. The average Bonchev–Trinajstić information content (AvgIpc) is 3.37. The van der Waals surface area contributed by atoms with Gasteiger partial charge in [-0.25, -0.2) is 0 Å². The molecule has 0 N–H and O–H groups in total. The lowest BCUT2D eigenvalue weighted by atomic mass is 9.79. The molecular formula is C40H33N. The van der Waals surface area contributed by atoms with Gasteiger partial charge in [0, 0.05) is 27.6 Å². The van der Waals surface area contributed by atoms with Crippen LogP contribution in [-0.4, -0.2) is 0 Å². The number of hydrogen-bond donors (Lipinski definition) is 0. The smallest absolute Gasteiger partial charge is 0.0543 e. The van der Waals surface area contributed by atoms with E-state index in [0.717, 1.165) is 11.4 Å². The van der Waals surface area contributed by atoms with E-state index < -0.39 is 0 Å². The molecule has 0 saturated heterocycles. The van der Waals surface area contributed by atoms with E-state index in [0.29, 0.717) is 0 Å². The molecule has 8 rings (SSSR count). The third-order valence-electron chi connectivity index (χ3n) is 9.63. The Morgan fingerprint density at radius 1 is 0.415 bits per heavy atom. The molecule has 2 aliphatic carbocycles. The van der Waals surface area contributed by atoms with Crippen molar-refractivity contribution in [3.63, 3.8) is 0 Å². The zero-order valence-corrected chi connectivity index (χ0v) is 24.1. The van der Waals surface area contributed by atoms with Crippen LogP contribution in [0.2, 0.25) is 0 Å². The summed E-state index contributed by atoms with van der Waals surface area (Å²) in [6.07, 6.45) is 0. The van der Waals surface area contributed by atoms with E-state index in [1.807, 2.05) is 0 Å². The third kappa shape index (κ3) is 3.29. The first kappa shape index (κ1) is 24.2. The summed E-state index contributed by atoms with van der Waals surface area (Å²) in [4.78, 5) is 2.42. The molecule has 0 aromatic heterocycles. The number of fused-ring (bicyclic) bond motifs is 8. The molecule has 0 heterocycles. The SMILES string of the molecule is CC1(C)c2ccccc2-c2cc3c(cc21)-c1c(cc(N(c2ccccc2)c2ccccc2)c2ccccc12)C3(C)C. The molecule has 0 saturated carbocycles. The van der Waals surface area contributed by atoms with E-state index in [1.54, 1.807) is 0 Å². The minimum Gasteiger partial charge on any atom is -0.310 e. The Morgan fingerprint density at radius 3 is 1.61 bits per heavy atom. The summed E-state index contributed by atoms with van der Waals surface area (Å²) in [7, 11) is 0. The van der Waals surface area contributed by atoms with Crippen molar-refractivity contribution >= 4 is 27.8 Å². The van der Waals surface area contributed by atoms with Gasteiger partial charge in [0.25, 0.3) is 0 Å². The maximum absolute atomic E-state index is 2.52. The van der Waals surface area contributed by atoms with Gasteiger partial charge in [-0.15, -0.1) is 0 Å². The molecule has 0 bridgehead atoms. The Morgan fingerprint density at radius 2 is 0.927 bits per heavy atom. The van der Waals surface area contributed by atoms with Crippen LogP contribution < -0.4 is 4.90 Å². The lowest BCUT2D eigenvalue weighted by Crippen LogP contribution is -2.17. The van der Waals surface area contributed by atoms with Gasteiger partial charge < -0.3 is 4.90 Å². The van der Waals surface area contributed by atoms with Gasteiger partial charge in [0.15, 0.2) is 0 Å². The first-order valence-corrected chi connectivity index (χ1v) is 14.6. The van der Waals surface area contributed by atoms with Crippen LogP contribution in [0.3, 0.4) is 0 Å². The largest absolute Gasteiger partial charge is 0.310 e. The second-order valence-electron chi connectivity index (χ2n) is 12.6. The van der Waals surface area contributed by atoms with E-state index in [9.17, 15) is 0 Å². The molecule has 0 atom stereocenters. The maximum atomic E-state index is 2.52. The molecule has 198 valence electrons. The summed E-state index contributed by atoms with van der Waals surface area (Å²) in [6, 6.07) is 47.0. The zero-order valence-electron chi connectivity index (χ0n) is 24.1. The number of anilines is 3. The van der Waals surface area contributed by atoms with Gasteiger partial charge in [-0.3, -0.25) is 0 Å². The van der Waals surface area contributed by atoms with Crippen molar-refractivity contribution in [3.8, 4) is 22.3 Å². The van der Waals surface area contributed by atoms with Crippen LogP contribution >= 0.6 is 0 Å². The maximum Gasteiger partial charge on any atom is 0.0543 e. The molecule has 0 unspecified atom stereocenters. The highest BCUT2D eigenvalue weighted by molar-refractivity contribution is 6.10. The van der Waals surface area contributed by atoms with Gasteiger partial charge in [0.2, 0.25) is 0 Å². The summed E-state index contributed by atoms with van der Waals surface area (Å²) in [5.41, 5.74) is 14.6. The highest BCUT2D eigenvalue weighted by atomic mass is 15.1. The standard InChI is InChI=1S/C40H33N/c1-39(2)33-22-14-13-19-28(33)31-23-35-32(24-34(31)39)38-30-21-12-11-20-29(30)37(25-36(38)40(35,3)4)41(26-15-7-5-8-16-26)27-17-9-6-10-18-27/h5-25H,1-4H3. The topological polar surface area (TPSA) is 3.24 Å². The van der Waals surface area contributed by atoms with Crippen molar-refractivity contribution < 1.29 is 0 Å². The van der Waals surface area contributed by atoms with Crippen LogP contribution in [0.25, 0.3) is 33.0 Å². The van der Waals surface area contributed by atoms with Crippen molar-refractivity contribution in [1.82, 2.24) is 0 Å². The summed E-state index contributed by atoms with van der Waals surface area (Å²) in [6.45, 7) is 9.57. The van der Waals surface area contributed by atoms with Gasteiger partial charge in [-0.1, -0.05) is 113 Å². The van der Waals surface area contributed by atoms with Gasteiger partial charge in [-0.05, 0) is 92.4 Å². The van der Waals surface area contributed by atoms with Crippen molar-refractivity contribution in [2.45, 2.75) is 38.5 Å². The molecule has 1 nitrogen and oxygen atoms in total. The highest BCUT2D eigenvalue weighted by Gasteiger charge is 2.42. The van der Waals surface area contributed by atoms with Gasteiger partial charge in [-0.2, -0.15) is 0 Å². The molecule has 2 aliphatic rings. The van der Waals surface area contributed by atoms with Gasteiger partial charge in [0.1, 0.15) is 0 Å². The monoisotopic (exact) mass is 527 g/mol. The molecule has 0 spiro atoms. The minimum absolute atomic E-state index is 0.0268. The lowest BCUT2D eigenvalue weighted by molar-refractivity contribution is 0.652. The number of hydrogen-bond acceptors (Lipinski definition) is 1. The molecular weight excluding hydrogens is 494 g/mol. The van der Waals surface area contributed by atoms with Crippen molar-refractivity contribution in [1.29, 1.82) is 0 Å². The van der Waals surface area contributed by atoms with Crippen LogP contribution in [0.15, 0.2) is 127 Å². The van der Waals surface area contributed by atoms with E-state index in [4.69, 9.17) is 0 Å². The fourth-order valence-corrected chi connectivity index (χ4v) is 7.52. The quantitative estimate of drug-likeness (QED) is 0.221. The number of nitrogens with zero attached hydrogens (tertiary/aromatic N) is 1. The fourth-order valence-electron chi connectivity index (χ4n) is 7.52. The number of benzene rings is 6. The Kier molecular flexibility index (Phi) is 4.98. The first-order valence-electron chi connectivity index (χ1n) is 14.6. The molecule has 0 radical (unpaired) electrons. The fraction of sp³-hybridized carbons (Fsp3) is 0.150. The summed E-state index contributed by atoms with van der Waals surface area (Å²) >= 11 is 0.